The molecule has 0 bridgehead atoms. The van der Waals surface area contributed by atoms with Crippen LogP contribution < -0.4 is 10.1 Å². The third-order valence-electron chi connectivity index (χ3n) is 6.85. The summed E-state index contributed by atoms with van der Waals surface area (Å²) < 4.78 is 8.58. The van der Waals surface area contributed by atoms with Crippen molar-refractivity contribution in [1.82, 2.24) is 9.78 Å². The molecule has 5 nitrogen and oxygen atoms in total. The topological polar surface area (TPSA) is 59.3 Å². The number of phenolic OH excluding ortho intramolecular Hbond substituents is 1. The monoisotopic (exact) mass is 403 g/mol. The summed E-state index contributed by atoms with van der Waals surface area (Å²) in [5.41, 5.74) is 8.43. The maximum absolute atomic E-state index is 10.4. The molecule has 0 aliphatic carbocycles. The van der Waals surface area contributed by atoms with E-state index in [9.17, 15) is 5.11 Å². The van der Waals surface area contributed by atoms with Crippen LogP contribution in [0.2, 0.25) is 0 Å². The normalized spacial score (nSPS) is 19.7. The van der Waals surface area contributed by atoms with Crippen LogP contribution in [0, 0.1) is 20.8 Å². The molecule has 2 N–H and O–H groups in total. The van der Waals surface area contributed by atoms with E-state index in [0.717, 1.165) is 59.5 Å². The number of para-hydroxylation sites is 1. The van der Waals surface area contributed by atoms with Crippen LogP contribution in [0.5, 0.6) is 11.5 Å². The lowest BCUT2D eigenvalue weighted by molar-refractivity contribution is 0.0427. The minimum absolute atomic E-state index is 0.339. The molecular weight excluding hydrogens is 374 g/mol. The maximum atomic E-state index is 10.4. The van der Waals surface area contributed by atoms with E-state index >= 15 is 0 Å². The number of ether oxygens (including phenoxy) is 1. The fourth-order valence-electron chi connectivity index (χ4n) is 4.89. The van der Waals surface area contributed by atoms with Crippen molar-refractivity contribution in [3.8, 4) is 22.8 Å². The second-order valence-corrected chi connectivity index (χ2v) is 9.00. The number of aromatic hydroxyl groups is 1. The van der Waals surface area contributed by atoms with Gasteiger partial charge in [-0.05, 0) is 75.3 Å². The van der Waals surface area contributed by atoms with E-state index in [-0.39, 0.29) is 5.60 Å². The first-order chi connectivity index (χ1) is 14.4. The number of hydrogen-bond donors (Lipinski definition) is 2. The molecule has 156 valence electrons. The van der Waals surface area contributed by atoms with Crippen molar-refractivity contribution in [2.75, 3.05) is 11.9 Å². The predicted molar refractivity (Wildman–Crippen MR) is 120 cm³/mol. The van der Waals surface area contributed by atoms with Crippen molar-refractivity contribution in [3.63, 3.8) is 0 Å². The van der Waals surface area contributed by atoms with Crippen LogP contribution in [0.4, 0.5) is 5.69 Å². The number of phenols is 1. The molecule has 0 spiro atoms. The fraction of sp³-hybridized carbons (Fsp3) is 0.400. The smallest absolute Gasteiger partial charge is 0.127 e. The van der Waals surface area contributed by atoms with Crippen molar-refractivity contribution in [1.29, 1.82) is 0 Å². The van der Waals surface area contributed by atoms with Crippen molar-refractivity contribution >= 4 is 5.69 Å². The molecule has 0 fully saturated rings. The second-order valence-electron chi connectivity index (χ2n) is 9.00. The van der Waals surface area contributed by atoms with Crippen molar-refractivity contribution in [3.05, 3.63) is 58.3 Å². The van der Waals surface area contributed by atoms with Crippen LogP contribution >= 0.6 is 0 Å². The average Bonchev–Trinajstić information content (AvgIpc) is 3.39. The highest BCUT2D eigenvalue weighted by molar-refractivity contribution is 5.79. The van der Waals surface area contributed by atoms with E-state index < -0.39 is 0 Å². The lowest BCUT2D eigenvalue weighted by Crippen LogP contribution is -2.41. The van der Waals surface area contributed by atoms with Gasteiger partial charge in [-0.25, -0.2) is 0 Å². The Morgan fingerprint density at radius 3 is 2.80 bits per heavy atom. The van der Waals surface area contributed by atoms with E-state index in [4.69, 9.17) is 9.84 Å². The summed E-state index contributed by atoms with van der Waals surface area (Å²) in [6, 6.07) is 8.54. The number of nitrogens with one attached hydrogen (secondary N) is 1. The van der Waals surface area contributed by atoms with Crippen LogP contribution in [0.3, 0.4) is 0 Å². The molecule has 1 atom stereocenters. The zero-order valence-corrected chi connectivity index (χ0v) is 18.2. The zero-order valence-electron chi connectivity index (χ0n) is 18.2. The molecule has 0 saturated heterocycles. The van der Waals surface area contributed by atoms with Gasteiger partial charge in [0.15, 0.2) is 0 Å². The summed E-state index contributed by atoms with van der Waals surface area (Å²) in [4.78, 5) is 0. The van der Waals surface area contributed by atoms with Gasteiger partial charge in [-0.3, -0.25) is 4.68 Å². The van der Waals surface area contributed by atoms with Gasteiger partial charge >= 0.3 is 0 Å². The molecule has 2 aromatic carbocycles. The molecule has 0 saturated carbocycles. The van der Waals surface area contributed by atoms with E-state index in [0.29, 0.717) is 12.3 Å². The lowest BCUT2D eigenvalue weighted by atomic mass is 9.87. The van der Waals surface area contributed by atoms with Gasteiger partial charge in [0.05, 0.1) is 12.2 Å². The Kier molecular flexibility index (Phi) is 4.31. The quantitative estimate of drug-likeness (QED) is 0.651. The van der Waals surface area contributed by atoms with E-state index in [2.05, 4.69) is 36.5 Å². The molecule has 3 aromatic rings. The molecule has 1 aromatic heterocycles. The van der Waals surface area contributed by atoms with Crippen LogP contribution in [0.1, 0.15) is 41.2 Å². The van der Waals surface area contributed by atoms with Crippen molar-refractivity contribution in [2.45, 2.75) is 59.1 Å². The fourth-order valence-corrected chi connectivity index (χ4v) is 4.89. The third kappa shape index (κ3) is 2.95. The lowest BCUT2D eigenvalue weighted by Gasteiger charge is -2.37. The molecule has 3 heterocycles. The largest absolute Gasteiger partial charge is 0.507 e. The number of rotatable bonds is 3. The standard InChI is InChI=1S/C25H29N3O2/c1-15-16(2)24-19(17(3)23(15)29)8-11-25(4,30-24)14-28-13-10-21(27-28)20-7-5-6-18-9-12-26-22(18)20/h5-7,10,13,26,29H,8-9,11-12,14H2,1-4H3/t25-/m0/s1. The molecule has 2 aliphatic heterocycles. The van der Waals surface area contributed by atoms with Crippen LogP contribution in [-0.4, -0.2) is 27.0 Å². The van der Waals surface area contributed by atoms with Crippen LogP contribution in [-0.2, 0) is 19.4 Å². The van der Waals surface area contributed by atoms with Crippen LogP contribution in [0.25, 0.3) is 11.3 Å². The third-order valence-corrected chi connectivity index (χ3v) is 6.85. The van der Waals surface area contributed by atoms with Gasteiger partial charge in [0.25, 0.3) is 0 Å². The number of benzene rings is 2. The van der Waals surface area contributed by atoms with Crippen LogP contribution in [0.15, 0.2) is 30.5 Å². The maximum Gasteiger partial charge on any atom is 0.127 e. The molecule has 0 unspecified atom stereocenters. The summed E-state index contributed by atoms with van der Waals surface area (Å²) >= 11 is 0. The molecule has 5 rings (SSSR count). The average molecular weight is 404 g/mol. The van der Waals surface area contributed by atoms with Gasteiger partial charge in [0.2, 0.25) is 0 Å². The Morgan fingerprint density at radius 1 is 1.13 bits per heavy atom. The Hall–Kier alpha value is -2.95. The molecule has 5 heteroatoms. The SMILES string of the molecule is Cc1c(C)c2c(c(C)c1O)CC[C@@](C)(Cn1ccc(-c3cccc4c3NCC4)n1)O2. The number of anilines is 1. The summed E-state index contributed by atoms with van der Waals surface area (Å²) in [6.07, 6.45) is 4.91. The zero-order chi connectivity index (χ0) is 21.0. The number of fused-ring (bicyclic) bond motifs is 2. The number of aromatic nitrogens is 2. The van der Waals surface area contributed by atoms with Gasteiger partial charge in [0.1, 0.15) is 17.1 Å². The predicted octanol–water partition coefficient (Wildman–Crippen LogP) is 4.93. The first kappa shape index (κ1) is 19.0. The number of nitrogens with zero attached hydrogens (tertiary/aromatic N) is 2. The summed E-state index contributed by atoms with van der Waals surface area (Å²) in [5, 5.41) is 18.8. The van der Waals surface area contributed by atoms with Gasteiger partial charge < -0.3 is 15.2 Å². The molecular formula is C25H29N3O2. The summed E-state index contributed by atoms with van der Waals surface area (Å²) in [7, 11) is 0. The van der Waals surface area contributed by atoms with E-state index in [1.54, 1.807) is 0 Å². The van der Waals surface area contributed by atoms with Crippen molar-refractivity contribution < 1.29 is 9.84 Å². The molecule has 0 amide bonds. The Balaban J connectivity index is 1.42. The Bertz CT molecular complexity index is 1150. The summed E-state index contributed by atoms with van der Waals surface area (Å²) in [5.74, 6) is 1.34. The Morgan fingerprint density at radius 2 is 1.97 bits per heavy atom. The van der Waals surface area contributed by atoms with E-state index in [1.165, 1.54) is 16.8 Å². The second kappa shape index (κ2) is 6.79. The Labute approximate surface area is 177 Å². The first-order valence-corrected chi connectivity index (χ1v) is 10.8. The highest BCUT2D eigenvalue weighted by Gasteiger charge is 2.35. The minimum atomic E-state index is -0.339. The van der Waals surface area contributed by atoms with Gasteiger partial charge in [0, 0.05) is 29.6 Å². The van der Waals surface area contributed by atoms with Crippen molar-refractivity contribution in [2.24, 2.45) is 0 Å². The van der Waals surface area contributed by atoms with Gasteiger partial charge in [-0.1, -0.05) is 18.2 Å². The first-order valence-electron chi connectivity index (χ1n) is 10.8. The number of hydrogen-bond acceptors (Lipinski definition) is 4. The molecule has 30 heavy (non-hydrogen) atoms. The molecule has 0 radical (unpaired) electrons. The highest BCUT2D eigenvalue weighted by atomic mass is 16.5. The van der Waals surface area contributed by atoms with Gasteiger partial charge in [-0.2, -0.15) is 5.10 Å². The highest BCUT2D eigenvalue weighted by Crippen LogP contribution is 2.43. The minimum Gasteiger partial charge on any atom is -0.507 e. The van der Waals surface area contributed by atoms with Gasteiger partial charge in [-0.15, -0.1) is 0 Å². The summed E-state index contributed by atoms with van der Waals surface area (Å²) in [6.45, 7) is 9.82. The van der Waals surface area contributed by atoms with E-state index in [1.807, 2.05) is 31.6 Å². The molecule has 2 aliphatic rings.